The van der Waals surface area contributed by atoms with Crippen molar-refractivity contribution in [3.8, 4) is 11.5 Å². The predicted molar refractivity (Wildman–Crippen MR) is 57.0 cm³/mol. The Hall–Kier alpha value is -2.50. The molecule has 0 aliphatic rings. The van der Waals surface area contributed by atoms with Gasteiger partial charge >= 0.3 is 11.9 Å². The van der Waals surface area contributed by atoms with Gasteiger partial charge in [0.15, 0.2) is 11.5 Å². The predicted octanol–water partition coefficient (Wildman–Crippen LogP) is 1.13. The Kier molecular flexibility index (Phi) is 4.10. The van der Waals surface area contributed by atoms with Crippen LogP contribution in [0, 0.1) is 0 Å². The second kappa shape index (κ2) is 5.55. The van der Waals surface area contributed by atoms with Gasteiger partial charge in [0.2, 0.25) is 5.76 Å². The third-order valence-electron chi connectivity index (χ3n) is 1.75. The third kappa shape index (κ3) is 3.53. The Bertz CT molecular complexity index is 463. The summed E-state index contributed by atoms with van der Waals surface area (Å²) < 4.78 is 9.90. The highest BCUT2D eigenvalue weighted by molar-refractivity contribution is 5.93. The average molecular weight is 238 g/mol. The van der Waals surface area contributed by atoms with Gasteiger partial charge in [0.1, 0.15) is 0 Å². The van der Waals surface area contributed by atoms with Gasteiger partial charge < -0.3 is 19.7 Å². The van der Waals surface area contributed by atoms with E-state index in [-0.39, 0.29) is 5.75 Å². The number of benzene rings is 1. The standard InChI is InChI=1S/C11H10O6/c1-16-7-4-2-3-5-8(7)17-9(11(14)15)6-10(12)13/h2-6H,1H3,(H,12,13)(H,14,15)/b9-6-. The van der Waals surface area contributed by atoms with Crippen molar-refractivity contribution in [2.75, 3.05) is 7.11 Å². The van der Waals surface area contributed by atoms with Crippen LogP contribution < -0.4 is 9.47 Å². The highest BCUT2D eigenvalue weighted by Crippen LogP contribution is 2.27. The minimum atomic E-state index is -1.47. The average Bonchev–Trinajstić information content (AvgIpc) is 2.28. The van der Waals surface area contributed by atoms with Crippen LogP contribution in [0.15, 0.2) is 36.1 Å². The first-order valence-corrected chi connectivity index (χ1v) is 4.53. The Morgan fingerprint density at radius 3 is 2.24 bits per heavy atom. The van der Waals surface area contributed by atoms with Crippen molar-refractivity contribution in [3.63, 3.8) is 0 Å². The quantitative estimate of drug-likeness (QED) is 0.590. The molecule has 0 aliphatic heterocycles. The highest BCUT2D eigenvalue weighted by atomic mass is 16.5. The highest BCUT2D eigenvalue weighted by Gasteiger charge is 2.14. The minimum absolute atomic E-state index is 0.130. The van der Waals surface area contributed by atoms with E-state index < -0.39 is 17.7 Å². The molecule has 0 unspecified atom stereocenters. The number of carbonyl (C=O) groups is 2. The Labute approximate surface area is 96.7 Å². The molecule has 6 nitrogen and oxygen atoms in total. The van der Waals surface area contributed by atoms with Gasteiger partial charge in [-0.1, -0.05) is 12.1 Å². The molecule has 1 rings (SSSR count). The number of carboxylic acid groups (broad SMARTS) is 2. The van der Waals surface area contributed by atoms with E-state index in [0.717, 1.165) is 0 Å². The number of aliphatic carboxylic acids is 2. The fraction of sp³-hybridized carbons (Fsp3) is 0.0909. The van der Waals surface area contributed by atoms with Gasteiger partial charge in [0.25, 0.3) is 0 Å². The van der Waals surface area contributed by atoms with Crippen LogP contribution in [-0.2, 0) is 9.59 Å². The molecule has 17 heavy (non-hydrogen) atoms. The minimum Gasteiger partial charge on any atom is -0.493 e. The second-order valence-electron chi connectivity index (χ2n) is 2.90. The first-order chi connectivity index (χ1) is 8.04. The van der Waals surface area contributed by atoms with E-state index in [0.29, 0.717) is 11.8 Å². The van der Waals surface area contributed by atoms with Gasteiger partial charge in [-0.2, -0.15) is 0 Å². The Balaban J connectivity index is 3.02. The van der Waals surface area contributed by atoms with Crippen molar-refractivity contribution in [2.45, 2.75) is 0 Å². The summed E-state index contributed by atoms with van der Waals surface area (Å²) in [4.78, 5) is 21.1. The number of hydrogen-bond acceptors (Lipinski definition) is 4. The molecule has 0 fully saturated rings. The fourth-order valence-corrected chi connectivity index (χ4v) is 1.07. The van der Waals surface area contributed by atoms with Crippen molar-refractivity contribution < 1.29 is 29.3 Å². The van der Waals surface area contributed by atoms with E-state index in [2.05, 4.69) is 0 Å². The van der Waals surface area contributed by atoms with E-state index >= 15 is 0 Å². The molecular weight excluding hydrogens is 228 g/mol. The first-order valence-electron chi connectivity index (χ1n) is 4.53. The van der Waals surface area contributed by atoms with Crippen molar-refractivity contribution >= 4 is 11.9 Å². The number of ether oxygens (including phenoxy) is 2. The summed E-state index contributed by atoms with van der Waals surface area (Å²) >= 11 is 0. The molecule has 2 N–H and O–H groups in total. The maximum absolute atomic E-state index is 10.7. The lowest BCUT2D eigenvalue weighted by molar-refractivity contribution is -0.137. The molecule has 1 aromatic carbocycles. The second-order valence-corrected chi connectivity index (χ2v) is 2.90. The van der Waals surface area contributed by atoms with Crippen LogP contribution in [0.4, 0.5) is 0 Å². The van der Waals surface area contributed by atoms with E-state index in [1.54, 1.807) is 18.2 Å². The number of methoxy groups -OCH3 is 1. The molecule has 0 bridgehead atoms. The van der Waals surface area contributed by atoms with Gasteiger partial charge in [0.05, 0.1) is 13.2 Å². The SMILES string of the molecule is COc1ccccc1O/C(=C\C(=O)O)C(=O)O. The summed E-state index contributed by atoms with van der Waals surface area (Å²) in [6.45, 7) is 0. The first kappa shape index (κ1) is 12.6. The molecule has 0 amide bonds. The summed E-state index contributed by atoms with van der Waals surface area (Å²) in [6.07, 6.45) is 0.467. The van der Waals surface area contributed by atoms with Crippen molar-refractivity contribution in [3.05, 3.63) is 36.1 Å². The lowest BCUT2D eigenvalue weighted by atomic mass is 10.3. The zero-order valence-electron chi connectivity index (χ0n) is 8.91. The molecule has 0 saturated heterocycles. The van der Waals surface area contributed by atoms with E-state index in [9.17, 15) is 9.59 Å². The summed E-state index contributed by atoms with van der Waals surface area (Å²) in [5.41, 5.74) is 0. The number of para-hydroxylation sites is 2. The lowest BCUT2D eigenvalue weighted by Gasteiger charge is -2.09. The molecular formula is C11H10O6. The van der Waals surface area contributed by atoms with Crippen molar-refractivity contribution in [1.82, 2.24) is 0 Å². The molecule has 0 saturated carbocycles. The van der Waals surface area contributed by atoms with Crippen LogP contribution >= 0.6 is 0 Å². The summed E-state index contributed by atoms with van der Waals surface area (Å²) in [5.74, 6) is -3.13. The normalized spacial score (nSPS) is 10.8. The Morgan fingerprint density at radius 2 is 1.76 bits per heavy atom. The summed E-state index contributed by atoms with van der Waals surface area (Å²) in [6, 6.07) is 6.32. The van der Waals surface area contributed by atoms with Gasteiger partial charge in [-0.15, -0.1) is 0 Å². The zero-order valence-corrected chi connectivity index (χ0v) is 8.91. The maximum atomic E-state index is 10.7. The molecule has 0 radical (unpaired) electrons. The van der Waals surface area contributed by atoms with E-state index in [1.807, 2.05) is 0 Å². The van der Waals surface area contributed by atoms with Gasteiger partial charge in [-0.05, 0) is 12.1 Å². The van der Waals surface area contributed by atoms with Gasteiger partial charge in [0, 0.05) is 0 Å². The zero-order chi connectivity index (χ0) is 12.8. The molecule has 0 heterocycles. The monoisotopic (exact) mass is 238 g/mol. The molecule has 1 aromatic rings. The molecule has 0 aliphatic carbocycles. The fourth-order valence-electron chi connectivity index (χ4n) is 1.07. The number of carboxylic acids is 2. The third-order valence-corrected chi connectivity index (χ3v) is 1.75. The van der Waals surface area contributed by atoms with Crippen LogP contribution in [0.25, 0.3) is 0 Å². The largest absolute Gasteiger partial charge is 0.493 e. The summed E-state index contributed by atoms with van der Waals surface area (Å²) in [7, 11) is 1.39. The lowest BCUT2D eigenvalue weighted by Crippen LogP contribution is -2.10. The van der Waals surface area contributed by atoms with Gasteiger partial charge in [-0.25, -0.2) is 9.59 Å². The molecule has 0 atom stereocenters. The molecule has 0 spiro atoms. The Morgan fingerprint density at radius 1 is 1.18 bits per heavy atom. The van der Waals surface area contributed by atoms with Crippen molar-refractivity contribution in [2.24, 2.45) is 0 Å². The number of hydrogen-bond donors (Lipinski definition) is 2. The topological polar surface area (TPSA) is 93.1 Å². The van der Waals surface area contributed by atoms with Crippen LogP contribution in [0.1, 0.15) is 0 Å². The van der Waals surface area contributed by atoms with Crippen LogP contribution in [0.3, 0.4) is 0 Å². The van der Waals surface area contributed by atoms with Crippen LogP contribution in [-0.4, -0.2) is 29.3 Å². The van der Waals surface area contributed by atoms with E-state index in [1.165, 1.54) is 13.2 Å². The van der Waals surface area contributed by atoms with E-state index in [4.69, 9.17) is 19.7 Å². The molecule has 0 aromatic heterocycles. The number of rotatable bonds is 5. The maximum Gasteiger partial charge on any atom is 0.372 e. The van der Waals surface area contributed by atoms with Crippen molar-refractivity contribution in [1.29, 1.82) is 0 Å². The molecule has 6 heteroatoms. The van der Waals surface area contributed by atoms with Crippen LogP contribution in [0.5, 0.6) is 11.5 Å². The molecule has 90 valence electrons. The van der Waals surface area contributed by atoms with Crippen LogP contribution in [0.2, 0.25) is 0 Å². The van der Waals surface area contributed by atoms with Gasteiger partial charge in [-0.3, -0.25) is 0 Å². The summed E-state index contributed by atoms with van der Waals surface area (Å²) in [5, 5.41) is 17.2. The smallest absolute Gasteiger partial charge is 0.372 e.